The van der Waals surface area contributed by atoms with Crippen molar-refractivity contribution in [2.75, 3.05) is 0 Å². The summed E-state index contributed by atoms with van der Waals surface area (Å²) in [6.45, 7) is 2.16. The van der Waals surface area contributed by atoms with Crippen molar-refractivity contribution in [2.24, 2.45) is 0 Å². The first kappa shape index (κ1) is 7.29. The first-order chi connectivity index (χ1) is 4.84. The van der Waals surface area contributed by atoms with Crippen LogP contribution in [0, 0.1) is 0 Å². The van der Waals surface area contributed by atoms with Gasteiger partial charge in [0.05, 0.1) is 0 Å². The number of hydrogen-bond donors (Lipinski definition) is 1. The van der Waals surface area contributed by atoms with E-state index in [4.69, 9.17) is 0 Å². The lowest BCUT2D eigenvalue weighted by Crippen LogP contribution is -2.53. The fourth-order valence-corrected chi connectivity index (χ4v) is 0.961. The van der Waals surface area contributed by atoms with Crippen LogP contribution in [-0.4, -0.2) is 0 Å². The monoisotopic (exact) mass is 136 g/mol. The molecule has 0 aliphatic carbocycles. The minimum absolute atomic E-state index is 0.459. The van der Waals surface area contributed by atoms with E-state index in [1.165, 1.54) is 5.56 Å². The van der Waals surface area contributed by atoms with Gasteiger partial charge in [0, 0.05) is 12.0 Å². The molecule has 0 saturated carbocycles. The van der Waals surface area contributed by atoms with Crippen molar-refractivity contribution in [1.29, 1.82) is 0 Å². The largest absolute Gasteiger partial charge is 0.351 e. The molecule has 1 rings (SSSR count). The number of benzene rings is 1. The molecule has 0 spiro atoms. The van der Waals surface area contributed by atoms with Gasteiger partial charge in [-0.05, 0) is 0 Å². The first-order valence-electron chi connectivity index (χ1n) is 3.72. The average molecular weight is 136 g/mol. The Labute approximate surface area is 61.9 Å². The molecule has 0 unspecified atom stereocenters. The third-order valence-corrected chi connectivity index (χ3v) is 1.76. The molecule has 1 aromatic rings. The molecule has 10 heavy (non-hydrogen) atoms. The van der Waals surface area contributed by atoms with Crippen LogP contribution in [0.5, 0.6) is 0 Å². The summed E-state index contributed by atoms with van der Waals surface area (Å²) in [5.41, 5.74) is 5.36. The summed E-state index contributed by atoms with van der Waals surface area (Å²) in [6, 6.07) is 10.9. The van der Waals surface area contributed by atoms with Gasteiger partial charge in [-0.2, -0.15) is 0 Å². The molecule has 1 atom stereocenters. The summed E-state index contributed by atoms with van der Waals surface area (Å²) in [5, 5.41) is 0. The van der Waals surface area contributed by atoms with E-state index in [-0.39, 0.29) is 0 Å². The molecule has 1 heteroatoms. The van der Waals surface area contributed by atoms with Gasteiger partial charge in [-0.1, -0.05) is 37.3 Å². The van der Waals surface area contributed by atoms with Gasteiger partial charge in [-0.15, -0.1) is 0 Å². The Morgan fingerprint density at radius 2 is 1.90 bits per heavy atom. The summed E-state index contributed by atoms with van der Waals surface area (Å²) < 4.78 is 0. The summed E-state index contributed by atoms with van der Waals surface area (Å²) in [4.78, 5) is 0. The third-order valence-electron chi connectivity index (χ3n) is 1.76. The fraction of sp³-hybridized carbons (Fsp3) is 0.333. The van der Waals surface area contributed by atoms with Crippen LogP contribution in [0.15, 0.2) is 30.3 Å². The van der Waals surface area contributed by atoms with Gasteiger partial charge in [0.15, 0.2) is 0 Å². The zero-order valence-corrected chi connectivity index (χ0v) is 6.38. The number of hydrogen-bond acceptors (Lipinski definition) is 0. The maximum Gasteiger partial charge on any atom is 0.110 e. The van der Waals surface area contributed by atoms with Crippen LogP contribution in [0.2, 0.25) is 0 Å². The molecule has 0 heterocycles. The molecule has 0 amide bonds. The summed E-state index contributed by atoms with van der Waals surface area (Å²) >= 11 is 0. The molecule has 1 nitrogen and oxygen atoms in total. The topological polar surface area (TPSA) is 27.6 Å². The maximum absolute atomic E-state index is 4.03. The Bertz CT molecular complexity index is 181. The van der Waals surface area contributed by atoms with Crippen LogP contribution in [0.3, 0.4) is 0 Å². The second-order valence-electron chi connectivity index (χ2n) is 2.52. The van der Waals surface area contributed by atoms with E-state index in [2.05, 4.69) is 36.9 Å². The van der Waals surface area contributed by atoms with Crippen molar-refractivity contribution >= 4 is 0 Å². The molecule has 1 aromatic carbocycles. The molecule has 54 valence electrons. The summed E-state index contributed by atoms with van der Waals surface area (Å²) in [6.07, 6.45) is 1.12. The smallest absolute Gasteiger partial charge is 0.110 e. The third kappa shape index (κ3) is 1.58. The Balaban J connectivity index is 2.75. The SMILES string of the molecule is CC[C@@H]([NH3+])c1ccccc1. The standard InChI is InChI=1S/C9H13N/c1-2-9(10)8-6-4-3-5-7-8/h3-7,9H,2,10H2,1H3/p+1/t9-/m1/s1. The van der Waals surface area contributed by atoms with Crippen molar-refractivity contribution < 1.29 is 5.73 Å². The van der Waals surface area contributed by atoms with Gasteiger partial charge in [0.1, 0.15) is 6.04 Å². The van der Waals surface area contributed by atoms with Crippen molar-refractivity contribution in [3.63, 3.8) is 0 Å². The van der Waals surface area contributed by atoms with Crippen LogP contribution in [0.4, 0.5) is 0 Å². The minimum Gasteiger partial charge on any atom is -0.351 e. The number of quaternary nitrogens is 1. The van der Waals surface area contributed by atoms with Crippen LogP contribution in [-0.2, 0) is 0 Å². The van der Waals surface area contributed by atoms with Gasteiger partial charge >= 0.3 is 0 Å². The first-order valence-corrected chi connectivity index (χ1v) is 3.72. The fourth-order valence-electron chi connectivity index (χ4n) is 0.961. The highest BCUT2D eigenvalue weighted by atomic mass is 14.6. The van der Waals surface area contributed by atoms with E-state index >= 15 is 0 Å². The van der Waals surface area contributed by atoms with Gasteiger partial charge < -0.3 is 5.73 Å². The Morgan fingerprint density at radius 1 is 1.30 bits per heavy atom. The molecule has 0 aromatic heterocycles. The molecular weight excluding hydrogens is 122 g/mol. The van der Waals surface area contributed by atoms with Crippen molar-refractivity contribution in [2.45, 2.75) is 19.4 Å². The van der Waals surface area contributed by atoms with E-state index in [1.807, 2.05) is 6.07 Å². The van der Waals surface area contributed by atoms with Crippen molar-refractivity contribution in [1.82, 2.24) is 0 Å². The summed E-state index contributed by atoms with van der Waals surface area (Å²) in [7, 11) is 0. The van der Waals surface area contributed by atoms with Crippen LogP contribution in [0.1, 0.15) is 24.9 Å². The Kier molecular flexibility index (Phi) is 2.46. The minimum atomic E-state index is 0.459. The lowest BCUT2D eigenvalue weighted by molar-refractivity contribution is -0.427. The van der Waals surface area contributed by atoms with Gasteiger partial charge in [0.25, 0.3) is 0 Å². The second kappa shape index (κ2) is 3.37. The summed E-state index contributed by atoms with van der Waals surface area (Å²) in [5.74, 6) is 0. The lowest BCUT2D eigenvalue weighted by atomic mass is 10.1. The molecule has 3 N–H and O–H groups in total. The predicted octanol–water partition coefficient (Wildman–Crippen LogP) is 1.38. The number of rotatable bonds is 2. The van der Waals surface area contributed by atoms with E-state index in [1.54, 1.807) is 0 Å². The van der Waals surface area contributed by atoms with Crippen LogP contribution < -0.4 is 5.73 Å². The molecule has 0 bridgehead atoms. The predicted molar refractivity (Wildman–Crippen MR) is 42.4 cm³/mol. The lowest BCUT2D eigenvalue weighted by Gasteiger charge is -2.03. The molecule has 0 radical (unpaired) electrons. The van der Waals surface area contributed by atoms with E-state index in [9.17, 15) is 0 Å². The Morgan fingerprint density at radius 3 is 2.40 bits per heavy atom. The van der Waals surface area contributed by atoms with Crippen LogP contribution in [0.25, 0.3) is 0 Å². The van der Waals surface area contributed by atoms with Crippen LogP contribution >= 0.6 is 0 Å². The van der Waals surface area contributed by atoms with Crippen molar-refractivity contribution in [3.8, 4) is 0 Å². The van der Waals surface area contributed by atoms with Crippen molar-refractivity contribution in [3.05, 3.63) is 35.9 Å². The zero-order valence-electron chi connectivity index (χ0n) is 6.38. The average Bonchev–Trinajstić information content (AvgIpc) is 2.05. The van der Waals surface area contributed by atoms with Gasteiger partial charge in [-0.25, -0.2) is 0 Å². The Hall–Kier alpha value is -0.820. The van der Waals surface area contributed by atoms with Gasteiger partial charge in [-0.3, -0.25) is 0 Å². The van der Waals surface area contributed by atoms with E-state index < -0.39 is 0 Å². The second-order valence-corrected chi connectivity index (χ2v) is 2.52. The highest BCUT2D eigenvalue weighted by molar-refractivity contribution is 5.16. The highest BCUT2D eigenvalue weighted by Crippen LogP contribution is 2.09. The molecule has 0 aliphatic heterocycles. The molecular formula is C9H14N+. The maximum atomic E-state index is 4.03. The normalized spacial score (nSPS) is 13.0. The highest BCUT2D eigenvalue weighted by Gasteiger charge is 2.03. The quantitative estimate of drug-likeness (QED) is 0.636. The van der Waals surface area contributed by atoms with E-state index in [0.717, 1.165) is 6.42 Å². The molecule has 0 saturated heterocycles. The zero-order chi connectivity index (χ0) is 7.40. The van der Waals surface area contributed by atoms with Gasteiger partial charge in [0.2, 0.25) is 0 Å². The van der Waals surface area contributed by atoms with E-state index in [0.29, 0.717) is 6.04 Å². The molecule has 0 fully saturated rings. The molecule has 0 aliphatic rings.